The molecule has 0 saturated carbocycles. The Balaban J connectivity index is 0. The number of hydrogen-bond donors (Lipinski definition) is 2. The lowest BCUT2D eigenvalue weighted by atomic mass is 10.2. The molecule has 13 heteroatoms. The Morgan fingerprint density at radius 1 is 0.470 bits per heavy atom. The van der Waals surface area contributed by atoms with E-state index in [-0.39, 0.29) is 19.0 Å². The van der Waals surface area contributed by atoms with Crippen LogP contribution in [0.15, 0.2) is 193 Å². The number of aryl methyl sites for hydroxylation is 8. The molecule has 3 heterocycles. The maximum absolute atomic E-state index is 12.1. The summed E-state index contributed by atoms with van der Waals surface area (Å²) in [5.41, 5.74) is 9.58. The van der Waals surface area contributed by atoms with Gasteiger partial charge in [-0.3, -0.25) is 15.0 Å². The Kier molecular flexibility index (Phi) is 50.6. The van der Waals surface area contributed by atoms with Crippen LogP contribution in [0.2, 0.25) is 5.02 Å². The lowest BCUT2D eigenvalue weighted by molar-refractivity contribution is 0.184. The van der Waals surface area contributed by atoms with Crippen molar-refractivity contribution in [1.29, 1.82) is 0 Å². The highest BCUT2D eigenvalue weighted by atomic mass is 79.9. The standard InChI is InChI=1S/C10H14O3.C9H21N.C7H7Br.C7H7Cl.C7H7F.C7H8.3C6H7N.C5H13NO2/c1-7-5-8(11-2)10(13-4)9(6-7)12-3;1-4-6-8-10(3)9-7-5-2;3*1-6-2-4-7(8)5-3-6;1-7-5-3-2-4-6-7;1-6-2-4-7-5-3-6;1-6-3-2-4-7-5-6;1-6-4-2-3-5-7-6;1-6(2-4-7)3-5-8/h5-6H,1-4H3;4-9H2,1-3H3;3*2-5H,1H3;2-6H,1H3;3*2-5H,1H3;7-8H,2-5H2,1H3. The Morgan fingerprint density at radius 2 is 0.904 bits per heavy atom. The van der Waals surface area contributed by atoms with Crippen LogP contribution in [0.3, 0.4) is 0 Å². The summed E-state index contributed by atoms with van der Waals surface area (Å²) in [5, 5.41) is 17.5. The molecule has 0 bridgehead atoms. The molecule has 0 fully saturated rings. The van der Waals surface area contributed by atoms with Crippen LogP contribution in [0.1, 0.15) is 84.2 Å². The Bertz CT molecular complexity index is 2310. The number of hydrogen-bond acceptors (Lipinski definition) is 10. The highest BCUT2D eigenvalue weighted by Gasteiger charge is 2.11. The number of halogens is 3. The minimum atomic E-state index is -0.171. The van der Waals surface area contributed by atoms with Gasteiger partial charge in [-0.05, 0) is 191 Å². The number of aliphatic hydroxyl groups excluding tert-OH is 2. The van der Waals surface area contributed by atoms with E-state index in [1.54, 1.807) is 58.2 Å². The third kappa shape index (κ3) is 48.7. The minimum Gasteiger partial charge on any atom is -0.493 e. The monoisotopic (exact) mass is 1220 g/mol. The number of methoxy groups -OCH3 is 3. The van der Waals surface area contributed by atoms with Crippen LogP contribution in [-0.4, -0.2) is 110 Å². The zero-order valence-corrected chi connectivity index (χ0v) is 54.8. The molecule has 0 radical (unpaired) electrons. The zero-order valence-electron chi connectivity index (χ0n) is 52.5. The van der Waals surface area contributed by atoms with E-state index >= 15 is 0 Å². The number of pyridine rings is 3. The quantitative estimate of drug-likeness (QED) is 0.116. The molecule has 8 rings (SSSR count). The van der Waals surface area contributed by atoms with E-state index < -0.39 is 0 Å². The number of benzene rings is 5. The molecular weight excluding hydrogens is 1130 g/mol. The highest BCUT2D eigenvalue weighted by Crippen LogP contribution is 2.37. The normalized spacial score (nSPS) is 9.42. The molecule has 454 valence electrons. The molecule has 0 spiro atoms. The van der Waals surface area contributed by atoms with E-state index in [2.05, 4.69) is 94.8 Å². The summed E-state index contributed by atoms with van der Waals surface area (Å²) in [6, 6.07) is 50.2. The Morgan fingerprint density at radius 3 is 1.19 bits per heavy atom. The second-order valence-corrected chi connectivity index (χ2v) is 20.4. The van der Waals surface area contributed by atoms with Crippen molar-refractivity contribution in [3.05, 3.63) is 249 Å². The van der Waals surface area contributed by atoms with E-state index in [0.717, 1.165) is 26.3 Å². The first-order valence-corrected chi connectivity index (χ1v) is 29.1. The summed E-state index contributed by atoms with van der Waals surface area (Å²) in [5.74, 6) is 1.85. The molecule has 0 aliphatic carbocycles. The van der Waals surface area contributed by atoms with Gasteiger partial charge in [-0.1, -0.05) is 155 Å². The van der Waals surface area contributed by atoms with Crippen LogP contribution in [0.5, 0.6) is 17.2 Å². The molecule has 3 aromatic heterocycles. The Hall–Kier alpha value is -6.51. The van der Waals surface area contributed by atoms with E-state index in [9.17, 15) is 4.39 Å². The highest BCUT2D eigenvalue weighted by molar-refractivity contribution is 9.10. The van der Waals surface area contributed by atoms with Gasteiger partial charge in [0.15, 0.2) is 11.5 Å². The third-order valence-corrected chi connectivity index (χ3v) is 11.8. The average Bonchev–Trinajstić information content (AvgIpc) is 3.50. The second kappa shape index (κ2) is 53.5. The second-order valence-electron chi connectivity index (χ2n) is 19.0. The fourth-order valence-electron chi connectivity index (χ4n) is 6.09. The third-order valence-electron chi connectivity index (χ3n) is 11.0. The van der Waals surface area contributed by atoms with Crippen molar-refractivity contribution in [3.8, 4) is 17.2 Å². The van der Waals surface area contributed by atoms with Gasteiger partial charge in [-0.15, -0.1) is 0 Å². The van der Waals surface area contributed by atoms with E-state index in [0.29, 0.717) is 30.3 Å². The van der Waals surface area contributed by atoms with Gasteiger partial charge in [0.25, 0.3) is 0 Å². The smallest absolute Gasteiger partial charge is 0.203 e. The molecular formula is C70H98BrClFN5O5. The topological polar surface area (TPSA) is 113 Å². The van der Waals surface area contributed by atoms with Gasteiger partial charge in [0.2, 0.25) is 5.75 Å². The van der Waals surface area contributed by atoms with Crippen molar-refractivity contribution in [2.45, 2.75) is 94.9 Å². The molecule has 0 saturated heterocycles. The van der Waals surface area contributed by atoms with Crippen LogP contribution < -0.4 is 14.2 Å². The molecule has 2 N–H and O–H groups in total. The van der Waals surface area contributed by atoms with Crippen molar-refractivity contribution in [2.75, 3.05) is 74.8 Å². The van der Waals surface area contributed by atoms with Gasteiger partial charge in [-0.25, -0.2) is 4.39 Å². The molecule has 0 atom stereocenters. The van der Waals surface area contributed by atoms with Gasteiger partial charge in [0.05, 0.1) is 34.5 Å². The van der Waals surface area contributed by atoms with Crippen molar-refractivity contribution in [2.24, 2.45) is 0 Å². The number of aliphatic hydroxyl groups is 2. The lowest BCUT2D eigenvalue weighted by Crippen LogP contribution is -2.25. The van der Waals surface area contributed by atoms with Gasteiger partial charge in [-0.2, -0.15) is 0 Å². The maximum Gasteiger partial charge on any atom is 0.203 e. The van der Waals surface area contributed by atoms with E-state index in [4.69, 9.17) is 36.0 Å². The van der Waals surface area contributed by atoms with Gasteiger partial charge < -0.3 is 34.2 Å². The molecule has 5 aromatic carbocycles. The van der Waals surface area contributed by atoms with Crippen LogP contribution in [0.4, 0.5) is 4.39 Å². The fourth-order valence-corrected chi connectivity index (χ4v) is 6.48. The predicted molar refractivity (Wildman–Crippen MR) is 354 cm³/mol. The number of aromatic nitrogens is 3. The number of ether oxygens (including phenoxy) is 3. The SMILES string of the molecule is CCCCN(C)CCCC.CN(CCO)CCO.COc1cc(C)cc(OC)c1OC.Cc1ccc(Br)cc1.Cc1ccc(Cl)cc1.Cc1ccc(F)cc1.Cc1ccccc1.Cc1ccccn1.Cc1cccnc1.Cc1ccncc1. The molecule has 0 aliphatic heterocycles. The molecule has 0 aliphatic rings. The number of unbranched alkanes of at least 4 members (excludes halogenated alkanes) is 2. The van der Waals surface area contributed by atoms with Crippen molar-refractivity contribution in [1.82, 2.24) is 24.8 Å². The fraction of sp³-hybridized carbons (Fsp3) is 0.357. The maximum atomic E-state index is 12.1. The number of rotatable bonds is 13. The van der Waals surface area contributed by atoms with Gasteiger partial charge in [0, 0.05) is 59.3 Å². The summed E-state index contributed by atoms with van der Waals surface area (Å²) < 4.78 is 28.7. The minimum absolute atomic E-state index is 0.163. The van der Waals surface area contributed by atoms with E-state index in [1.165, 1.54) is 78.7 Å². The molecule has 83 heavy (non-hydrogen) atoms. The van der Waals surface area contributed by atoms with Crippen LogP contribution in [0, 0.1) is 61.2 Å². The van der Waals surface area contributed by atoms with Crippen LogP contribution >= 0.6 is 27.5 Å². The summed E-state index contributed by atoms with van der Waals surface area (Å²) >= 11 is 8.96. The van der Waals surface area contributed by atoms with Crippen LogP contribution in [0.25, 0.3) is 0 Å². The van der Waals surface area contributed by atoms with Crippen LogP contribution in [-0.2, 0) is 0 Å². The predicted octanol–water partition coefficient (Wildman–Crippen LogP) is 17.1. The summed E-state index contributed by atoms with van der Waals surface area (Å²) in [7, 11) is 8.88. The van der Waals surface area contributed by atoms with Crippen molar-refractivity contribution >= 4 is 27.5 Å². The van der Waals surface area contributed by atoms with Crippen molar-refractivity contribution in [3.63, 3.8) is 0 Å². The first-order chi connectivity index (χ1) is 39.8. The molecule has 8 aromatic rings. The average molecular weight is 1220 g/mol. The first kappa shape index (κ1) is 78.6. The van der Waals surface area contributed by atoms with E-state index in [1.807, 2.05) is 169 Å². The largest absolute Gasteiger partial charge is 0.493 e. The first-order valence-electron chi connectivity index (χ1n) is 27.9. The Labute approximate surface area is 513 Å². The summed E-state index contributed by atoms with van der Waals surface area (Å²) in [6.45, 7) is 24.8. The molecule has 0 unspecified atom stereocenters. The lowest BCUT2D eigenvalue weighted by Gasteiger charge is -2.14. The summed E-state index contributed by atoms with van der Waals surface area (Å²) in [6.07, 6.45) is 14.3. The zero-order chi connectivity index (χ0) is 62.5. The molecule has 10 nitrogen and oxygen atoms in total. The molecule has 0 amide bonds. The van der Waals surface area contributed by atoms with Gasteiger partial charge in [0.1, 0.15) is 5.82 Å². The van der Waals surface area contributed by atoms with Crippen molar-refractivity contribution < 1.29 is 28.8 Å². The number of likely N-dealkylation sites (N-methyl/N-ethyl adjacent to an activating group) is 1. The summed E-state index contributed by atoms with van der Waals surface area (Å²) in [4.78, 5) is 16.0. The van der Waals surface area contributed by atoms with Gasteiger partial charge >= 0.3 is 0 Å². The number of nitrogens with zero attached hydrogens (tertiary/aromatic N) is 5.